The summed E-state index contributed by atoms with van der Waals surface area (Å²) in [5, 5.41) is 10.1. The van der Waals surface area contributed by atoms with Gasteiger partial charge in [0, 0.05) is 4.47 Å². The van der Waals surface area contributed by atoms with Gasteiger partial charge < -0.3 is 14.8 Å². The fourth-order valence-corrected chi connectivity index (χ4v) is 2.35. The normalized spacial score (nSPS) is 10.8. The number of hydrogen-bond acceptors (Lipinski definition) is 3. The predicted octanol–water partition coefficient (Wildman–Crippen LogP) is 3.71. The Bertz CT molecular complexity index is 752. The Labute approximate surface area is 118 Å². The number of aromatic nitrogens is 2. The standard InChI is InChI=1S/C14H11BrN2O2/c1-19-12-4-2-3-9(13(12)18)14-16-10-6-5-8(15)7-11(10)17-14/h2-7,18H,1H3,(H,16,17). The van der Waals surface area contributed by atoms with Crippen LogP contribution in [-0.4, -0.2) is 22.2 Å². The largest absolute Gasteiger partial charge is 0.504 e. The van der Waals surface area contributed by atoms with Gasteiger partial charge in [0.05, 0.1) is 23.7 Å². The number of rotatable bonds is 2. The number of phenolic OH excluding ortho intramolecular Hbond substituents is 1. The molecule has 3 rings (SSSR count). The van der Waals surface area contributed by atoms with Crippen LogP contribution in [0.15, 0.2) is 40.9 Å². The van der Waals surface area contributed by atoms with Gasteiger partial charge >= 0.3 is 0 Å². The molecule has 0 bridgehead atoms. The van der Waals surface area contributed by atoms with Crippen LogP contribution in [0.5, 0.6) is 11.5 Å². The van der Waals surface area contributed by atoms with Crippen LogP contribution in [0.2, 0.25) is 0 Å². The summed E-state index contributed by atoms with van der Waals surface area (Å²) in [4.78, 5) is 7.66. The first-order valence-electron chi connectivity index (χ1n) is 5.70. The Kier molecular flexibility index (Phi) is 2.91. The molecule has 19 heavy (non-hydrogen) atoms. The number of methoxy groups -OCH3 is 1. The van der Waals surface area contributed by atoms with Crippen molar-refractivity contribution >= 4 is 27.0 Å². The molecule has 2 N–H and O–H groups in total. The summed E-state index contributed by atoms with van der Waals surface area (Å²) in [6.45, 7) is 0. The highest BCUT2D eigenvalue weighted by atomic mass is 79.9. The van der Waals surface area contributed by atoms with E-state index in [1.54, 1.807) is 12.1 Å². The highest BCUT2D eigenvalue weighted by molar-refractivity contribution is 9.10. The SMILES string of the molecule is COc1cccc(-c2nc3ccc(Br)cc3[nH]2)c1O. The van der Waals surface area contributed by atoms with E-state index in [1.807, 2.05) is 24.3 Å². The van der Waals surface area contributed by atoms with E-state index >= 15 is 0 Å². The first-order valence-corrected chi connectivity index (χ1v) is 6.50. The van der Waals surface area contributed by atoms with Crippen LogP contribution in [0.3, 0.4) is 0 Å². The van der Waals surface area contributed by atoms with Gasteiger partial charge in [-0.2, -0.15) is 0 Å². The minimum atomic E-state index is 0.0862. The van der Waals surface area contributed by atoms with E-state index in [0.717, 1.165) is 15.5 Å². The fourth-order valence-electron chi connectivity index (χ4n) is 1.99. The first-order chi connectivity index (χ1) is 9.19. The van der Waals surface area contributed by atoms with Gasteiger partial charge in [-0.1, -0.05) is 22.0 Å². The Hall–Kier alpha value is -2.01. The molecule has 5 heteroatoms. The molecule has 0 atom stereocenters. The van der Waals surface area contributed by atoms with Crippen molar-refractivity contribution in [3.05, 3.63) is 40.9 Å². The topological polar surface area (TPSA) is 58.1 Å². The molecule has 96 valence electrons. The molecule has 2 aromatic carbocycles. The van der Waals surface area contributed by atoms with E-state index in [1.165, 1.54) is 7.11 Å². The second kappa shape index (κ2) is 4.59. The zero-order valence-electron chi connectivity index (χ0n) is 10.1. The molecule has 0 aliphatic rings. The second-order valence-corrected chi connectivity index (χ2v) is 5.02. The maximum atomic E-state index is 10.1. The summed E-state index contributed by atoms with van der Waals surface area (Å²) in [5.41, 5.74) is 2.37. The molecular formula is C14H11BrN2O2. The van der Waals surface area contributed by atoms with Gasteiger partial charge in [0.15, 0.2) is 11.5 Å². The number of nitrogens with zero attached hydrogens (tertiary/aromatic N) is 1. The van der Waals surface area contributed by atoms with E-state index in [4.69, 9.17) is 4.74 Å². The third-order valence-corrected chi connectivity index (χ3v) is 3.41. The number of ether oxygens (including phenoxy) is 1. The van der Waals surface area contributed by atoms with E-state index in [9.17, 15) is 5.11 Å². The van der Waals surface area contributed by atoms with Gasteiger partial charge in [0.1, 0.15) is 5.82 Å². The highest BCUT2D eigenvalue weighted by Gasteiger charge is 2.13. The molecule has 0 aliphatic heterocycles. The molecule has 3 aromatic rings. The number of para-hydroxylation sites is 1. The average Bonchev–Trinajstić information content (AvgIpc) is 2.81. The number of fused-ring (bicyclic) bond motifs is 1. The zero-order chi connectivity index (χ0) is 13.4. The van der Waals surface area contributed by atoms with Crippen molar-refractivity contribution in [2.24, 2.45) is 0 Å². The van der Waals surface area contributed by atoms with Crippen LogP contribution in [0.25, 0.3) is 22.4 Å². The number of imidazole rings is 1. The van der Waals surface area contributed by atoms with Gasteiger partial charge in [-0.25, -0.2) is 4.98 Å². The van der Waals surface area contributed by atoms with Gasteiger partial charge in [-0.3, -0.25) is 0 Å². The van der Waals surface area contributed by atoms with E-state index < -0.39 is 0 Å². The third-order valence-electron chi connectivity index (χ3n) is 2.92. The molecule has 0 fully saturated rings. The van der Waals surface area contributed by atoms with Crippen molar-refractivity contribution in [2.45, 2.75) is 0 Å². The molecule has 1 aromatic heterocycles. The molecule has 0 aliphatic carbocycles. The summed E-state index contributed by atoms with van der Waals surface area (Å²) in [5.74, 6) is 1.13. The first kappa shape index (κ1) is 12.0. The lowest BCUT2D eigenvalue weighted by atomic mass is 10.2. The van der Waals surface area contributed by atoms with Gasteiger partial charge in [-0.15, -0.1) is 0 Å². The number of aromatic hydroxyl groups is 1. The van der Waals surface area contributed by atoms with Gasteiger partial charge in [-0.05, 0) is 30.3 Å². The Morgan fingerprint density at radius 3 is 2.89 bits per heavy atom. The van der Waals surface area contributed by atoms with Gasteiger partial charge in [0.25, 0.3) is 0 Å². The maximum absolute atomic E-state index is 10.1. The van der Waals surface area contributed by atoms with Crippen LogP contribution in [0.4, 0.5) is 0 Å². The number of H-pyrrole nitrogens is 1. The molecule has 0 unspecified atom stereocenters. The third kappa shape index (κ3) is 2.06. The lowest BCUT2D eigenvalue weighted by Crippen LogP contribution is -1.87. The minimum Gasteiger partial charge on any atom is -0.504 e. The van der Waals surface area contributed by atoms with Gasteiger partial charge in [0.2, 0.25) is 0 Å². The van der Waals surface area contributed by atoms with Crippen LogP contribution >= 0.6 is 15.9 Å². The van der Waals surface area contributed by atoms with Crippen molar-refractivity contribution < 1.29 is 9.84 Å². The quantitative estimate of drug-likeness (QED) is 0.757. The Balaban J connectivity index is 2.19. The predicted molar refractivity (Wildman–Crippen MR) is 77.4 cm³/mol. The number of nitrogens with one attached hydrogen (secondary N) is 1. The van der Waals surface area contributed by atoms with Crippen molar-refractivity contribution in [3.63, 3.8) is 0 Å². The maximum Gasteiger partial charge on any atom is 0.168 e. The van der Waals surface area contributed by atoms with Crippen LogP contribution in [0, 0.1) is 0 Å². The van der Waals surface area contributed by atoms with E-state index in [-0.39, 0.29) is 5.75 Å². The van der Waals surface area contributed by atoms with Crippen LogP contribution < -0.4 is 4.74 Å². The second-order valence-electron chi connectivity index (χ2n) is 4.10. The Morgan fingerprint density at radius 1 is 1.26 bits per heavy atom. The average molecular weight is 319 g/mol. The van der Waals surface area contributed by atoms with E-state index in [2.05, 4.69) is 25.9 Å². The molecule has 1 heterocycles. The number of hydrogen-bond donors (Lipinski definition) is 2. The number of aromatic amines is 1. The summed E-state index contributed by atoms with van der Waals surface area (Å²) >= 11 is 3.42. The summed E-state index contributed by atoms with van der Waals surface area (Å²) in [7, 11) is 1.52. The molecular weight excluding hydrogens is 308 g/mol. The number of phenols is 1. The Morgan fingerprint density at radius 2 is 2.11 bits per heavy atom. The number of halogens is 1. The molecule has 0 saturated carbocycles. The smallest absolute Gasteiger partial charge is 0.168 e. The zero-order valence-corrected chi connectivity index (χ0v) is 11.7. The van der Waals surface area contributed by atoms with E-state index in [0.29, 0.717) is 17.1 Å². The molecule has 4 nitrogen and oxygen atoms in total. The molecule has 0 saturated heterocycles. The van der Waals surface area contributed by atoms with Crippen LogP contribution in [0.1, 0.15) is 0 Å². The monoisotopic (exact) mass is 318 g/mol. The molecule has 0 amide bonds. The lowest BCUT2D eigenvalue weighted by molar-refractivity contribution is 0.374. The van der Waals surface area contributed by atoms with Crippen molar-refractivity contribution in [1.29, 1.82) is 0 Å². The molecule has 0 radical (unpaired) electrons. The van der Waals surface area contributed by atoms with Crippen molar-refractivity contribution in [2.75, 3.05) is 7.11 Å². The summed E-state index contributed by atoms with van der Waals surface area (Å²) < 4.78 is 6.08. The summed E-state index contributed by atoms with van der Waals surface area (Å²) in [6.07, 6.45) is 0. The molecule has 0 spiro atoms. The number of benzene rings is 2. The summed E-state index contributed by atoms with van der Waals surface area (Å²) in [6, 6.07) is 11.1. The lowest BCUT2D eigenvalue weighted by Gasteiger charge is -2.06. The minimum absolute atomic E-state index is 0.0862. The van der Waals surface area contributed by atoms with Crippen LogP contribution in [-0.2, 0) is 0 Å². The van der Waals surface area contributed by atoms with Crippen molar-refractivity contribution in [3.8, 4) is 22.9 Å². The highest BCUT2D eigenvalue weighted by Crippen LogP contribution is 2.36. The fraction of sp³-hybridized carbons (Fsp3) is 0.0714. The van der Waals surface area contributed by atoms with Crippen molar-refractivity contribution in [1.82, 2.24) is 9.97 Å².